The third-order valence-electron chi connectivity index (χ3n) is 4.57. The number of rotatable bonds is 1. The Morgan fingerprint density at radius 3 is 2.13 bits per heavy atom. The summed E-state index contributed by atoms with van der Waals surface area (Å²) in [4.78, 5) is 0. The van der Waals surface area contributed by atoms with Gasteiger partial charge in [0, 0.05) is 0 Å². The van der Waals surface area contributed by atoms with E-state index in [2.05, 4.69) is 30.3 Å². The highest BCUT2D eigenvalue weighted by Crippen LogP contribution is 2.46. The lowest BCUT2D eigenvalue weighted by atomic mass is 9.78. The van der Waals surface area contributed by atoms with E-state index in [9.17, 15) is 0 Å². The largest absolute Gasteiger partial charge is 0.0622 e. The quantitative estimate of drug-likeness (QED) is 0.631. The molecule has 2 bridgehead atoms. The molecule has 15 heavy (non-hydrogen) atoms. The van der Waals surface area contributed by atoms with E-state index in [1.165, 1.54) is 38.5 Å². The van der Waals surface area contributed by atoms with Gasteiger partial charge in [-0.1, -0.05) is 43.2 Å². The zero-order valence-corrected chi connectivity index (χ0v) is 9.36. The van der Waals surface area contributed by atoms with Crippen molar-refractivity contribution in [2.75, 3.05) is 0 Å². The molecule has 4 rings (SSSR count). The van der Waals surface area contributed by atoms with Crippen molar-refractivity contribution >= 4 is 0 Å². The van der Waals surface area contributed by atoms with Crippen molar-refractivity contribution in [2.45, 2.75) is 44.4 Å². The summed E-state index contributed by atoms with van der Waals surface area (Å²) in [7, 11) is 0. The molecule has 3 aliphatic carbocycles. The van der Waals surface area contributed by atoms with Crippen LogP contribution in [0, 0.1) is 11.8 Å². The van der Waals surface area contributed by atoms with Crippen LogP contribution in [-0.2, 0) is 0 Å². The number of fused-ring (bicyclic) bond motifs is 4. The minimum Gasteiger partial charge on any atom is -0.0622 e. The summed E-state index contributed by atoms with van der Waals surface area (Å²) in [6.45, 7) is 0. The minimum absolute atomic E-state index is 0.874. The van der Waals surface area contributed by atoms with Crippen LogP contribution in [0.5, 0.6) is 0 Å². The molecule has 0 aromatic heterocycles. The Kier molecular flexibility index (Phi) is 2.52. The topological polar surface area (TPSA) is 0 Å². The van der Waals surface area contributed by atoms with Crippen molar-refractivity contribution in [3.8, 4) is 0 Å². The normalized spacial score (nSPS) is 35.1. The predicted molar refractivity (Wildman–Crippen MR) is 63.9 cm³/mol. The van der Waals surface area contributed by atoms with Gasteiger partial charge in [-0.15, -0.1) is 0 Å². The van der Waals surface area contributed by atoms with E-state index in [4.69, 9.17) is 0 Å². The first-order valence-corrected chi connectivity index (χ1v) is 6.48. The van der Waals surface area contributed by atoms with Crippen molar-refractivity contribution < 1.29 is 0 Å². The van der Waals surface area contributed by atoms with Crippen LogP contribution in [0.15, 0.2) is 30.3 Å². The molecule has 0 saturated heterocycles. The first-order valence-electron chi connectivity index (χ1n) is 6.48. The van der Waals surface area contributed by atoms with Gasteiger partial charge < -0.3 is 0 Å². The third kappa shape index (κ3) is 1.82. The van der Waals surface area contributed by atoms with Crippen LogP contribution in [0.25, 0.3) is 0 Å². The average molecular weight is 200 g/mol. The molecule has 1 atom stereocenters. The zero-order chi connectivity index (χ0) is 10.1. The van der Waals surface area contributed by atoms with Crippen molar-refractivity contribution in [3.05, 3.63) is 35.9 Å². The van der Waals surface area contributed by atoms with Crippen molar-refractivity contribution in [1.29, 1.82) is 0 Å². The lowest BCUT2D eigenvalue weighted by molar-refractivity contribution is 0.292. The van der Waals surface area contributed by atoms with E-state index in [0.29, 0.717) is 0 Å². The summed E-state index contributed by atoms with van der Waals surface area (Å²) in [5.74, 6) is 2.93. The van der Waals surface area contributed by atoms with E-state index in [1.807, 2.05) is 0 Å². The SMILES string of the molecule is c1ccc([C@@H]2CCC3CCC2CC3)cc1. The summed E-state index contributed by atoms with van der Waals surface area (Å²) in [6, 6.07) is 11.2. The fourth-order valence-corrected chi connectivity index (χ4v) is 3.67. The van der Waals surface area contributed by atoms with Crippen LogP contribution in [0.3, 0.4) is 0 Å². The Bertz CT molecular complexity index is 306. The van der Waals surface area contributed by atoms with Gasteiger partial charge in [-0.05, 0) is 49.0 Å². The monoisotopic (exact) mass is 200 g/mol. The number of hydrogen-bond acceptors (Lipinski definition) is 0. The number of benzene rings is 1. The predicted octanol–water partition coefficient (Wildman–Crippen LogP) is 4.37. The van der Waals surface area contributed by atoms with Crippen LogP contribution in [0.2, 0.25) is 0 Å². The van der Waals surface area contributed by atoms with Crippen LogP contribution in [-0.4, -0.2) is 0 Å². The molecule has 80 valence electrons. The van der Waals surface area contributed by atoms with E-state index in [-0.39, 0.29) is 0 Å². The van der Waals surface area contributed by atoms with Gasteiger partial charge in [0.05, 0.1) is 0 Å². The lowest BCUT2D eigenvalue weighted by Crippen LogP contribution is -2.14. The Balaban J connectivity index is 1.86. The molecule has 0 amide bonds. The molecule has 1 aromatic rings. The zero-order valence-electron chi connectivity index (χ0n) is 9.36. The highest BCUT2D eigenvalue weighted by Gasteiger charge is 2.32. The minimum atomic E-state index is 0.874. The molecule has 0 heterocycles. The fourth-order valence-electron chi connectivity index (χ4n) is 3.67. The van der Waals surface area contributed by atoms with Gasteiger partial charge in [0.15, 0.2) is 0 Å². The molecule has 1 aromatic carbocycles. The Labute approximate surface area is 92.7 Å². The van der Waals surface area contributed by atoms with E-state index >= 15 is 0 Å². The summed E-state index contributed by atoms with van der Waals surface area (Å²) < 4.78 is 0. The molecule has 0 spiro atoms. The van der Waals surface area contributed by atoms with Crippen LogP contribution in [0.4, 0.5) is 0 Å². The standard InChI is InChI=1S/C15H20/c1-2-4-13(5-3-1)15-11-8-12-6-9-14(15)10-7-12/h1-5,12,14-15H,6-11H2/t12?,14?,15-/m0/s1. The first-order chi connectivity index (χ1) is 7.43. The van der Waals surface area contributed by atoms with Gasteiger partial charge >= 0.3 is 0 Å². The van der Waals surface area contributed by atoms with Gasteiger partial charge in [-0.25, -0.2) is 0 Å². The van der Waals surface area contributed by atoms with Gasteiger partial charge in [-0.2, -0.15) is 0 Å². The van der Waals surface area contributed by atoms with E-state index < -0.39 is 0 Å². The second kappa shape index (κ2) is 4.00. The van der Waals surface area contributed by atoms with E-state index in [0.717, 1.165) is 17.8 Å². The maximum Gasteiger partial charge on any atom is -0.0134 e. The van der Waals surface area contributed by atoms with Crippen molar-refractivity contribution in [2.24, 2.45) is 11.8 Å². The smallest absolute Gasteiger partial charge is 0.0134 e. The maximum atomic E-state index is 2.34. The molecule has 0 unspecified atom stereocenters. The van der Waals surface area contributed by atoms with Gasteiger partial charge in [-0.3, -0.25) is 0 Å². The lowest BCUT2D eigenvalue weighted by Gasteiger charge is -2.27. The van der Waals surface area contributed by atoms with Crippen LogP contribution >= 0.6 is 0 Å². The highest BCUT2D eigenvalue weighted by atomic mass is 14.4. The average Bonchev–Trinajstić information content (AvgIpc) is 2.63. The molecule has 3 saturated carbocycles. The second-order valence-corrected chi connectivity index (χ2v) is 5.38. The third-order valence-corrected chi connectivity index (χ3v) is 4.57. The molecule has 0 radical (unpaired) electrons. The molecule has 0 nitrogen and oxygen atoms in total. The number of hydrogen-bond donors (Lipinski definition) is 0. The molecule has 3 aliphatic rings. The first kappa shape index (κ1) is 9.45. The fraction of sp³-hybridized carbons (Fsp3) is 0.600. The molecule has 3 fully saturated rings. The van der Waals surface area contributed by atoms with Crippen LogP contribution < -0.4 is 0 Å². The van der Waals surface area contributed by atoms with Gasteiger partial charge in [0.25, 0.3) is 0 Å². The summed E-state index contributed by atoms with van der Waals surface area (Å²) in [6.07, 6.45) is 8.92. The molecular formula is C15H20. The molecular weight excluding hydrogens is 180 g/mol. The Morgan fingerprint density at radius 1 is 0.733 bits per heavy atom. The van der Waals surface area contributed by atoms with Gasteiger partial charge in [0.2, 0.25) is 0 Å². The summed E-state index contributed by atoms with van der Waals surface area (Å²) in [5, 5.41) is 0. The van der Waals surface area contributed by atoms with E-state index in [1.54, 1.807) is 5.56 Å². The Hall–Kier alpha value is -0.780. The molecule has 0 aliphatic heterocycles. The summed E-state index contributed by atoms with van der Waals surface area (Å²) >= 11 is 0. The second-order valence-electron chi connectivity index (χ2n) is 5.38. The maximum absolute atomic E-state index is 2.34. The Morgan fingerprint density at radius 2 is 1.40 bits per heavy atom. The highest BCUT2D eigenvalue weighted by molar-refractivity contribution is 5.21. The molecule has 0 heteroatoms. The van der Waals surface area contributed by atoms with Crippen LogP contribution in [0.1, 0.15) is 50.0 Å². The van der Waals surface area contributed by atoms with Gasteiger partial charge in [0.1, 0.15) is 0 Å². The van der Waals surface area contributed by atoms with Crippen molar-refractivity contribution in [3.63, 3.8) is 0 Å². The molecule has 0 N–H and O–H groups in total. The summed E-state index contributed by atoms with van der Waals surface area (Å²) in [5.41, 5.74) is 1.60. The van der Waals surface area contributed by atoms with Crippen molar-refractivity contribution in [1.82, 2.24) is 0 Å².